The standard InChI is InChI=1S/C58H49BN2OSi/c1-36-32-43-41-23-17-27-52-54(41)61(47-24-14-16-26-51(47)63(52,38-18-9-7-10-19-38)39-20-11-8-12-21-39)59-46-29-28-42-40-22-13-15-25-50(40)62-56(42)55(46)60(49(33-36)53(43)59)48-35-45-44(34-37(48)2)57(3,4)30-31-58(45,5)6/h7-29,32-35H,30-31H2,1-6H3. The van der Waals surface area contributed by atoms with E-state index in [0.717, 1.165) is 34.0 Å². The van der Waals surface area contributed by atoms with Gasteiger partial charge in [0.05, 0.1) is 5.69 Å². The molecule has 0 atom stereocenters. The van der Waals surface area contributed by atoms with Crippen molar-refractivity contribution in [1.82, 2.24) is 0 Å². The lowest BCUT2D eigenvalue weighted by Gasteiger charge is -2.52. The third-order valence-electron chi connectivity index (χ3n) is 15.5. The van der Waals surface area contributed by atoms with E-state index >= 15 is 0 Å². The molecule has 0 radical (unpaired) electrons. The van der Waals surface area contributed by atoms with Crippen LogP contribution in [0.25, 0.3) is 33.1 Å². The molecule has 0 unspecified atom stereocenters. The van der Waals surface area contributed by atoms with Gasteiger partial charge in [0.2, 0.25) is 0 Å². The number of benzene rings is 8. The van der Waals surface area contributed by atoms with E-state index in [1.807, 2.05) is 0 Å². The first-order chi connectivity index (χ1) is 30.6. The summed E-state index contributed by atoms with van der Waals surface area (Å²) in [6.07, 6.45) is 2.34. The summed E-state index contributed by atoms with van der Waals surface area (Å²) in [5, 5.41) is 7.97. The van der Waals surface area contributed by atoms with E-state index in [1.165, 1.54) is 94.2 Å². The summed E-state index contributed by atoms with van der Waals surface area (Å²) in [7, 11) is -2.85. The van der Waals surface area contributed by atoms with Crippen LogP contribution in [0.2, 0.25) is 0 Å². The van der Waals surface area contributed by atoms with Gasteiger partial charge in [-0.2, -0.15) is 0 Å². The average Bonchev–Trinajstić information content (AvgIpc) is 3.69. The van der Waals surface area contributed by atoms with Crippen LogP contribution in [-0.4, -0.2) is 14.9 Å². The molecule has 304 valence electrons. The Balaban J connectivity index is 1.19. The Morgan fingerprint density at radius 2 is 1.19 bits per heavy atom. The molecule has 3 aliphatic heterocycles. The minimum absolute atomic E-state index is 0.0482. The summed E-state index contributed by atoms with van der Waals surface area (Å²) in [4.78, 5) is 5.36. The number of anilines is 5. The third kappa shape index (κ3) is 4.81. The molecule has 0 fully saturated rings. The summed E-state index contributed by atoms with van der Waals surface area (Å²) in [5.41, 5.74) is 19.0. The Kier molecular flexibility index (Phi) is 7.51. The van der Waals surface area contributed by atoms with Gasteiger partial charge in [-0.15, -0.1) is 0 Å². The van der Waals surface area contributed by atoms with Gasteiger partial charge in [0.15, 0.2) is 13.7 Å². The molecule has 5 heteroatoms. The second kappa shape index (κ2) is 12.8. The van der Waals surface area contributed by atoms with Crippen LogP contribution in [0.15, 0.2) is 168 Å². The quantitative estimate of drug-likeness (QED) is 0.165. The molecule has 4 aliphatic rings. The first kappa shape index (κ1) is 37.0. The van der Waals surface area contributed by atoms with Crippen LogP contribution >= 0.6 is 0 Å². The van der Waals surface area contributed by atoms with E-state index in [1.54, 1.807) is 0 Å². The lowest BCUT2D eigenvalue weighted by atomic mass is 9.43. The molecule has 3 nitrogen and oxygen atoms in total. The highest BCUT2D eigenvalue weighted by Gasteiger charge is 2.55. The molecule has 63 heavy (non-hydrogen) atoms. The van der Waals surface area contributed by atoms with Crippen LogP contribution in [-0.2, 0) is 10.8 Å². The molecular formula is C58H49BN2OSi. The predicted molar refractivity (Wildman–Crippen MR) is 269 cm³/mol. The normalized spacial score (nSPS) is 16.9. The number of furan rings is 1. The van der Waals surface area contributed by atoms with Crippen LogP contribution in [0.1, 0.15) is 62.8 Å². The highest BCUT2D eigenvalue weighted by atomic mass is 28.3. The van der Waals surface area contributed by atoms with Crippen LogP contribution in [0, 0.1) is 13.8 Å². The van der Waals surface area contributed by atoms with E-state index in [2.05, 4.69) is 215 Å². The van der Waals surface area contributed by atoms with Gasteiger partial charge in [-0.25, -0.2) is 0 Å². The van der Waals surface area contributed by atoms with Crippen molar-refractivity contribution in [2.75, 3.05) is 9.71 Å². The fourth-order valence-corrected chi connectivity index (χ4v) is 17.6. The minimum atomic E-state index is -2.85. The summed E-state index contributed by atoms with van der Waals surface area (Å²) in [6.45, 7) is 14.3. The van der Waals surface area contributed by atoms with Crippen molar-refractivity contribution in [3.8, 4) is 11.1 Å². The zero-order valence-electron chi connectivity index (χ0n) is 36.9. The molecule has 8 aromatic carbocycles. The van der Waals surface area contributed by atoms with Crippen LogP contribution in [0.4, 0.5) is 28.4 Å². The zero-order valence-corrected chi connectivity index (χ0v) is 37.9. The Morgan fingerprint density at radius 1 is 0.540 bits per heavy atom. The third-order valence-corrected chi connectivity index (χ3v) is 20.3. The molecule has 13 rings (SSSR count). The Morgan fingerprint density at radius 3 is 1.94 bits per heavy atom. The van der Waals surface area contributed by atoms with Crippen molar-refractivity contribution < 1.29 is 4.42 Å². The number of hydrogen-bond acceptors (Lipinski definition) is 3. The maximum Gasteiger partial charge on any atom is 0.333 e. The molecule has 0 N–H and O–H groups in total. The van der Waals surface area contributed by atoms with Crippen molar-refractivity contribution in [2.24, 2.45) is 0 Å². The predicted octanol–water partition coefficient (Wildman–Crippen LogP) is 11.0. The van der Waals surface area contributed by atoms with Crippen molar-refractivity contribution in [2.45, 2.75) is 65.2 Å². The molecule has 0 spiro atoms. The maximum absolute atomic E-state index is 7.16. The van der Waals surface area contributed by atoms with Crippen LogP contribution in [0.5, 0.6) is 0 Å². The van der Waals surface area contributed by atoms with E-state index in [0.29, 0.717) is 0 Å². The number of fused-ring (bicyclic) bond motifs is 11. The molecule has 4 heterocycles. The molecule has 0 saturated heterocycles. The molecule has 0 saturated carbocycles. The largest absolute Gasteiger partial charge is 0.454 e. The summed E-state index contributed by atoms with van der Waals surface area (Å²) >= 11 is 0. The molecule has 1 aliphatic carbocycles. The van der Waals surface area contributed by atoms with Crippen molar-refractivity contribution in [3.63, 3.8) is 0 Å². The van der Waals surface area contributed by atoms with Gasteiger partial charge in [-0.3, -0.25) is 0 Å². The van der Waals surface area contributed by atoms with E-state index in [4.69, 9.17) is 4.42 Å². The van der Waals surface area contributed by atoms with Crippen molar-refractivity contribution in [3.05, 3.63) is 186 Å². The number of aryl methyl sites for hydroxylation is 2. The van der Waals surface area contributed by atoms with Gasteiger partial charge < -0.3 is 14.1 Å². The highest BCUT2D eigenvalue weighted by Crippen LogP contribution is 2.53. The van der Waals surface area contributed by atoms with E-state index in [9.17, 15) is 0 Å². The fourth-order valence-electron chi connectivity index (χ4n) is 12.5. The Hall–Kier alpha value is -6.56. The molecule has 1 aromatic heterocycles. The Bertz CT molecular complexity index is 3360. The van der Waals surface area contributed by atoms with Gasteiger partial charge in [-0.05, 0) is 121 Å². The summed E-state index contributed by atoms with van der Waals surface area (Å²) < 4.78 is 7.16. The topological polar surface area (TPSA) is 19.6 Å². The first-order valence-electron chi connectivity index (χ1n) is 22.8. The monoisotopic (exact) mass is 828 g/mol. The molecule has 0 amide bonds. The lowest BCUT2D eigenvalue weighted by Crippen LogP contribution is -2.79. The van der Waals surface area contributed by atoms with Gasteiger partial charge in [0.25, 0.3) is 0 Å². The SMILES string of the molecule is Cc1cc2c3c(c1)N(c1cc4c(cc1C)C(C)(C)CCC4(C)C)c1c(ccc4c1oc1ccccc14)B3N1c3ccccc3[Si](c3ccccc3)(c3ccccc3)c3cccc-2c31. The number of rotatable bonds is 3. The van der Waals surface area contributed by atoms with Crippen molar-refractivity contribution >= 4 is 97.0 Å². The minimum Gasteiger partial charge on any atom is -0.454 e. The second-order valence-corrected chi connectivity index (χ2v) is 23.7. The lowest BCUT2D eigenvalue weighted by molar-refractivity contribution is 0.332. The number of para-hydroxylation sites is 3. The van der Waals surface area contributed by atoms with Gasteiger partial charge >= 0.3 is 6.85 Å². The van der Waals surface area contributed by atoms with E-state index in [-0.39, 0.29) is 17.7 Å². The Labute approximate surface area is 371 Å². The van der Waals surface area contributed by atoms with Gasteiger partial charge in [0.1, 0.15) is 5.58 Å². The van der Waals surface area contributed by atoms with Gasteiger partial charge in [-0.1, -0.05) is 167 Å². The van der Waals surface area contributed by atoms with Crippen LogP contribution in [0.3, 0.4) is 0 Å². The smallest absolute Gasteiger partial charge is 0.333 e. The zero-order chi connectivity index (χ0) is 42.6. The number of nitrogens with zero attached hydrogens (tertiary/aromatic N) is 2. The molecule has 9 aromatic rings. The molecule has 0 bridgehead atoms. The maximum atomic E-state index is 7.16. The fraction of sp³-hybridized carbons (Fsp3) is 0.172. The average molecular weight is 829 g/mol. The van der Waals surface area contributed by atoms with E-state index < -0.39 is 8.07 Å². The highest BCUT2D eigenvalue weighted by molar-refractivity contribution is 7.22. The summed E-state index contributed by atoms with van der Waals surface area (Å²) in [5.74, 6) is 0. The van der Waals surface area contributed by atoms with Crippen molar-refractivity contribution in [1.29, 1.82) is 0 Å². The van der Waals surface area contributed by atoms with Gasteiger partial charge in [0, 0.05) is 39.1 Å². The first-order valence-corrected chi connectivity index (χ1v) is 24.8. The number of hydrogen-bond donors (Lipinski definition) is 0. The molecular weight excluding hydrogens is 780 g/mol. The second-order valence-electron chi connectivity index (χ2n) is 20.0. The summed E-state index contributed by atoms with van der Waals surface area (Å²) in [6, 6.07) is 62.8. The van der Waals surface area contributed by atoms with Crippen LogP contribution < -0.4 is 41.4 Å².